The minimum atomic E-state index is -0.632. The molecule has 1 unspecified atom stereocenters. The van der Waals surface area contributed by atoms with E-state index in [9.17, 15) is 9.18 Å². The molecular formula is C18H19FN2O4S. The Balaban J connectivity index is 2.00. The molecule has 0 saturated carbocycles. The van der Waals surface area contributed by atoms with Crippen LogP contribution in [-0.4, -0.2) is 49.4 Å². The lowest BCUT2D eigenvalue weighted by Gasteiger charge is -2.26. The summed E-state index contributed by atoms with van der Waals surface area (Å²) in [5, 5.41) is -0.315. The zero-order valence-corrected chi connectivity index (χ0v) is 15.5. The standard InChI is InChI=1S/C18H19FN2O4S/c1-23-14-9-16(25-3)15(24-2)8-12(14)18-21(6-7-26-18)17(22)11-4-5-20-10-13(11)19/h4-5,8-10,18H,6-7H2,1-3H3. The molecule has 6 nitrogen and oxygen atoms in total. The molecule has 1 aliphatic heterocycles. The molecule has 8 heteroatoms. The number of halogens is 1. The number of rotatable bonds is 5. The number of hydrogen-bond donors (Lipinski definition) is 0. The molecule has 1 atom stereocenters. The molecule has 26 heavy (non-hydrogen) atoms. The third-order valence-corrected chi connectivity index (χ3v) is 5.40. The number of amides is 1. The second-order valence-electron chi connectivity index (χ2n) is 5.53. The van der Waals surface area contributed by atoms with Crippen molar-refractivity contribution in [2.45, 2.75) is 5.37 Å². The molecule has 1 aliphatic rings. The Kier molecular flexibility index (Phi) is 5.51. The normalized spacial score (nSPS) is 16.5. The summed E-state index contributed by atoms with van der Waals surface area (Å²) < 4.78 is 30.2. The van der Waals surface area contributed by atoms with Crippen molar-refractivity contribution >= 4 is 17.7 Å². The second kappa shape index (κ2) is 7.82. The van der Waals surface area contributed by atoms with Gasteiger partial charge in [-0.2, -0.15) is 0 Å². The van der Waals surface area contributed by atoms with Gasteiger partial charge in [-0.15, -0.1) is 11.8 Å². The maximum absolute atomic E-state index is 14.0. The molecule has 2 aromatic rings. The molecule has 0 aliphatic carbocycles. The third-order valence-electron chi connectivity index (χ3n) is 4.16. The predicted molar refractivity (Wildman–Crippen MR) is 96.5 cm³/mol. The van der Waals surface area contributed by atoms with Crippen LogP contribution in [0, 0.1) is 5.82 Å². The number of pyridine rings is 1. The van der Waals surface area contributed by atoms with Gasteiger partial charge in [0.1, 0.15) is 11.1 Å². The SMILES string of the molecule is COc1cc(OC)c(C2SCCN2C(=O)c2ccncc2F)cc1OC. The molecule has 0 spiro atoms. The highest BCUT2D eigenvalue weighted by Gasteiger charge is 2.35. The summed E-state index contributed by atoms with van der Waals surface area (Å²) in [6.07, 6.45) is 2.45. The van der Waals surface area contributed by atoms with Gasteiger partial charge in [-0.25, -0.2) is 4.39 Å². The summed E-state index contributed by atoms with van der Waals surface area (Å²) in [6, 6.07) is 4.91. The summed E-state index contributed by atoms with van der Waals surface area (Å²) in [7, 11) is 4.65. The first-order valence-corrected chi connectivity index (χ1v) is 8.97. The van der Waals surface area contributed by atoms with Gasteiger partial charge in [-0.1, -0.05) is 0 Å². The third kappa shape index (κ3) is 3.29. The van der Waals surface area contributed by atoms with E-state index >= 15 is 0 Å². The van der Waals surface area contributed by atoms with Gasteiger partial charge in [0.25, 0.3) is 5.91 Å². The monoisotopic (exact) mass is 378 g/mol. The van der Waals surface area contributed by atoms with Crippen LogP contribution >= 0.6 is 11.8 Å². The van der Waals surface area contributed by atoms with Crippen molar-refractivity contribution in [3.05, 3.63) is 47.5 Å². The Morgan fingerprint density at radius 2 is 1.88 bits per heavy atom. The summed E-state index contributed by atoms with van der Waals surface area (Å²) in [6.45, 7) is 0.507. The number of carbonyl (C=O) groups excluding carboxylic acids is 1. The topological polar surface area (TPSA) is 60.9 Å². The molecule has 1 aromatic heterocycles. The van der Waals surface area contributed by atoms with Crippen LogP contribution in [0.15, 0.2) is 30.6 Å². The quantitative estimate of drug-likeness (QED) is 0.797. The number of hydrogen-bond acceptors (Lipinski definition) is 6. The minimum Gasteiger partial charge on any atom is -0.496 e. The molecule has 1 saturated heterocycles. The lowest BCUT2D eigenvalue weighted by Crippen LogP contribution is -2.31. The van der Waals surface area contributed by atoms with Gasteiger partial charge < -0.3 is 19.1 Å². The van der Waals surface area contributed by atoms with Crippen LogP contribution in [0.3, 0.4) is 0 Å². The largest absolute Gasteiger partial charge is 0.496 e. The van der Waals surface area contributed by atoms with Crippen molar-refractivity contribution in [1.82, 2.24) is 9.88 Å². The Bertz CT molecular complexity index is 818. The van der Waals surface area contributed by atoms with Crippen molar-refractivity contribution in [2.75, 3.05) is 33.6 Å². The van der Waals surface area contributed by atoms with Crippen LogP contribution in [0.2, 0.25) is 0 Å². The smallest absolute Gasteiger partial charge is 0.258 e. The fourth-order valence-electron chi connectivity index (χ4n) is 2.88. The van der Waals surface area contributed by atoms with Gasteiger partial charge in [0, 0.05) is 30.1 Å². The number of nitrogens with zero attached hydrogens (tertiary/aromatic N) is 2. The molecule has 138 valence electrons. The first-order chi connectivity index (χ1) is 12.6. The number of aromatic nitrogens is 1. The Hall–Kier alpha value is -2.48. The van der Waals surface area contributed by atoms with Gasteiger partial charge in [-0.3, -0.25) is 9.78 Å². The molecule has 0 N–H and O–H groups in total. The molecule has 1 amide bonds. The van der Waals surface area contributed by atoms with E-state index in [4.69, 9.17) is 14.2 Å². The van der Waals surface area contributed by atoms with Crippen molar-refractivity contribution < 1.29 is 23.4 Å². The van der Waals surface area contributed by atoms with Crippen LogP contribution in [0.25, 0.3) is 0 Å². The highest BCUT2D eigenvalue weighted by Crippen LogP contribution is 2.46. The van der Waals surface area contributed by atoms with E-state index in [0.717, 1.165) is 17.5 Å². The van der Waals surface area contributed by atoms with Crippen LogP contribution in [0.5, 0.6) is 17.2 Å². The zero-order chi connectivity index (χ0) is 18.7. The number of methoxy groups -OCH3 is 3. The maximum Gasteiger partial charge on any atom is 0.258 e. The maximum atomic E-state index is 14.0. The van der Waals surface area contributed by atoms with Crippen LogP contribution in [-0.2, 0) is 0 Å². The molecule has 0 radical (unpaired) electrons. The average molecular weight is 378 g/mol. The lowest BCUT2D eigenvalue weighted by atomic mass is 10.1. The van der Waals surface area contributed by atoms with Gasteiger partial charge in [0.15, 0.2) is 17.3 Å². The van der Waals surface area contributed by atoms with Crippen molar-refractivity contribution in [1.29, 1.82) is 0 Å². The zero-order valence-electron chi connectivity index (χ0n) is 14.7. The molecule has 1 fully saturated rings. The fourth-order valence-corrected chi connectivity index (χ4v) is 4.16. The number of thioether (sulfide) groups is 1. The van der Waals surface area contributed by atoms with Crippen LogP contribution in [0.1, 0.15) is 21.3 Å². The first kappa shape index (κ1) is 18.3. The van der Waals surface area contributed by atoms with Gasteiger partial charge in [-0.05, 0) is 12.1 Å². The molecule has 0 bridgehead atoms. The molecule has 3 rings (SSSR count). The van der Waals surface area contributed by atoms with E-state index in [1.165, 1.54) is 12.3 Å². The summed E-state index contributed by atoms with van der Waals surface area (Å²) in [5.74, 6) is 1.38. The summed E-state index contributed by atoms with van der Waals surface area (Å²) in [4.78, 5) is 18.2. The predicted octanol–water partition coefficient (Wildman–Crippen LogP) is 3.13. The Labute approximate surface area is 155 Å². The minimum absolute atomic E-state index is 0.00643. The number of ether oxygens (including phenoxy) is 3. The molecule has 2 heterocycles. The second-order valence-corrected chi connectivity index (χ2v) is 6.71. The van der Waals surface area contributed by atoms with E-state index in [2.05, 4.69) is 4.98 Å². The molecular weight excluding hydrogens is 359 g/mol. The Morgan fingerprint density at radius 1 is 1.19 bits per heavy atom. The van der Waals surface area contributed by atoms with Crippen LogP contribution < -0.4 is 14.2 Å². The van der Waals surface area contributed by atoms with E-state index in [-0.39, 0.29) is 16.8 Å². The van der Waals surface area contributed by atoms with Crippen molar-refractivity contribution in [3.8, 4) is 17.2 Å². The number of benzene rings is 1. The van der Waals surface area contributed by atoms with Crippen LogP contribution in [0.4, 0.5) is 4.39 Å². The van der Waals surface area contributed by atoms with E-state index in [0.29, 0.717) is 23.8 Å². The van der Waals surface area contributed by atoms with E-state index < -0.39 is 5.82 Å². The van der Waals surface area contributed by atoms with Gasteiger partial charge >= 0.3 is 0 Å². The van der Waals surface area contributed by atoms with Gasteiger partial charge in [0.2, 0.25) is 0 Å². The highest BCUT2D eigenvalue weighted by molar-refractivity contribution is 7.99. The Morgan fingerprint density at radius 3 is 2.54 bits per heavy atom. The highest BCUT2D eigenvalue weighted by atomic mass is 32.2. The van der Waals surface area contributed by atoms with E-state index in [1.54, 1.807) is 50.1 Å². The first-order valence-electron chi connectivity index (χ1n) is 7.92. The lowest BCUT2D eigenvalue weighted by molar-refractivity contribution is 0.0754. The van der Waals surface area contributed by atoms with Crippen molar-refractivity contribution in [2.24, 2.45) is 0 Å². The summed E-state index contributed by atoms with van der Waals surface area (Å²) in [5.41, 5.74) is 0.780. The van der Waals surface area contributed by atoms with Gasteiger partial charge in [0.05, 0.1) is 33.1 Å². The summed E-state index contributed by atoms with van der Waals surface area (Å²) >= 11 is 1.59. The fraction of sp³-hybridized carbons (Fsp3) is 0.333. The average Bonchev–Trinajstić information content (AvgIpc) is 3.16. The van der Waals surface area contributed by atoms with Crippen molar-refractivity contribution in [3.63, 3.8) is 0 Å². The molecule has 1 aromatic carbocycles. The van der Waals surface area contributed by atoms with E-state index in [1.807, 2.05) is 0 Å². The number of carbonyl (C=O) groups is 1.